The SMILES string of the molecule is Clc1nc2ccccc2cc1CCCN1CCNCC1. The van der Waals surface area contributed by atoms with Crippen molar-refractivity contribution in [2.45, 2.75) is 12.8 Å². The molecule has 0 radical (unpaired) electrons. The molecule has 1 aromatic heterocycles. The number of hydrogen-bond donors (Lipinski definition) is 1. The number of benzene rings is 1. The Morgan fingerprint density at radius 1 is 1.20 bits per heavy atom. The Labute approximate surface area is 124 Å². The molecule has 0 unspecified atom stereocenters. The number of aromatic nitrogens is 1. The van der Waals surface area contributed by atoms with Crippen molar-refractivity contribution in [2.75, 3.05) is 32.7 Å². The van der Waals surface area contributed by atoms with Crippen LogP contribution in [-0.4, -0.2) is 42.6 Å². The molecule has 0 saturated carbocycles. The van der Waals surface area contributed by atoms with Crippen LogP contribution < -0.4 is 5.32 Å². The van der Waals surface area contributed by atoms with E-state index >= 15 is 0 Å². The van der Waals surface area contributed by atoms with Crippen molar-refractivity contribution < 1.29 is 0 Å². The minimum Gasteiger partial charge on any atom is -0.314 e. The number of rotatable bonds is 4. The quantitative estimate of drug-likeness (QED) is 0.877. The third-order valence-electron chi connectivity index (χ3n) is 3.88. The van der Waals surface area contributed by atoms with Crippen molar-refractivity contribution in [1.29, 1.82) is 0 Å². The number of pyridine rings is 1. The Balaban J connectivity index is 1.63. The first kappa shape index (κ1) is 13.8. The van der Waals surface area contributed by atoms with Crippen molar-refractivity contribution >= 4 is 22.5 Å². The fourth-order valence-electron chi connectivity index (χ4n) is 2.74. The molecule has 0 aliphatic carbocycles. The highest BCUT2D eigenvalue weighted by atomic mass is 35.5. The predicted molar refractivity (Wildman–Crippen MR) is 84.4 cm³/mol. The Bertz CT molecular complexity index is 579. The third-order valence-corrected chi connectivity index (χ3v) is 4.21. The van der Waals surface area contributed by atoms with Gasteiger partial charge in [-0.15, -0.1) is 0 Å². The van der Waals surface area contributed by atoms with E-state index < -0.39 is 0 Å². The van der Waals surface area contributed by atoms with E-state index in [9.17, 15) is 0 Å². The molecule has 1 fully saturated rings. The summed E-state index contributed by atoms with van der Waals surface area (Å²) in [5, 5.41) is 5.21. The topological polar surface area (TPSA) is 28.2 Å². The van der Waals surface area contributed by atoms with E-state index in [1.165, 1.54) is 10.9 Å². The number of nitrogens with one attached hydrogen (secondary N) is 1. The van der Waals surface area contributed by atoms with E-state index in [4.69, 9.17) is 11.6 Å². The fourth-order valence-corrected chi connectivity index (χ4v) is 2.98. The highest BCUT2D eigenvalue weighted by Gasteiger charge is 2.10. The van der Waals surface area contributed by atoms with Gasteiger partial charge in [-0.3, -0.25) is 0 Å². The molecule has 0 atom stereocenters. The third kappa shape index (κ3) is 3.29. The number of piperazine rings is 1. The van der Waals surface area contributed by atoms with E-state index in [1.54, 1.807) is 0 Å². The molecule has 1 aliphatic heterocycles. The summed E-state index contributed by atoms with van der Waals surface area (Å²) >= 11 is 6.29. The Morgan fingerprint density at radius 3 is 2.85 bits per heavy atom. The van der Waals surface area contributed by atoms with Gasteiger partial charge in [-0.1, -0.05) is 29.8 Å². The average molecular weight is 290 g/mol. The number of halogens is 1. The summed E-state index contributed by atoms with van der Waals surface area (Å²) in [7, 11) is 0. The lowest BCUT2D eigenvalue weighted by atomic mass is 10.1. The van der Waals surface area contributed by atoms with Gasteiger partial charge in [0.25, 0.3) is 0 Å². The molecule has 3 rings (SSSR count). The van der Waals surface area contributed by atoms with Crippen molar-refractivity contribution in [3.05, 3.63) is 41.0 Å². The first-order chi connectivity index (χ1) is 9.83. The molecule has 1 aliphatic rings. The van der Waals surface area contributed by atoms with Crippen molar-refractivity contribution in [3.63, 3.8) is 0 Å². The maximum absolute atomic E-state index is 6.29. The molecule has 106 valence electrons. The molecular formula is C16H20ClN3. The van der Waals surface area contributed by atoms with Crippen LogP contribution in [0.2, 0.25) is 5.15 Å². The van der Waals surface area contributed by atoms with Gasteiger partial charge in [0, 0.05) is 31.6 Å². The van der Waals surface area contributed by atoms with Crippen molar-refractivity contribution in [1.82, 2.24) is 15.2 Å². The molecule has 0 bridgehead atoms. The molecule has 20 heavy (non-hydrogen) atoms. The van der Waals surface area contributed by atoms with Gasteiger partial charge in [0.15, 0.2) is 0 Å². The minimum absolute atomic E-state index is 0.656. The summed E-state index contributed by atoms with van der Waals surface area (Å²) in [6.07, 6.45) is 2.14. The largest absolute Gasteiger partial charge is 0.314 e. The summed E-state index contributed by atoms with van der Waals surface area (Å²) in [6, 6.07) is 10.3. The lowest BCUT2D eigenvalue weighted by molar-refractivity contribution is 0.238. The number of para-hydroxylation sites is 1. The van der Waals surface area contributed by atoms with Crippen LogP contribution in [-0.2, 0) is 6.42 Å². The highest BCUT2D eigenvalue weighted by Crippen LogP contribution is 2.21. The second-order valence-electron chi connectivity index (χ2n) is 5.33. The average Bonchev–Trinajstić information content (AvgIpc) is 2.49. The first-order valence-corrected chi connectivity index (χ1v) is 7.68. The standard InChI is InChI=1S/C16H20ClN3/c17-16-14(5-3-9-20-10-7-18-8-11-20)12-13-4-1-2-6-15(13)19-16/h1-2,4,6,12,18H,3,5,7-11H2. The Morgan fingerprint density at radius 2 is 2.00 bits per heavy atom. The van der Waals surface area contributed by atoms with E-state index in [2.05, 4.69) is 27.3 Å². The zero-order valence-corrected chi connectivity index (χ0v) is 12.4. The Kier molecular flexibility index (Phi) is 4.51. The first-order valence-electron chi connectivity index (χ1n) is 7.30. The molecule has 1 aromatic carbocycles. The van der Waals surface area contributed by atoms with Crippen LogP contribution in [0.15, 0.2) is 30.3 Å². The molecule has 1 N–H and O–H groups in total. The zero-order chi connectivity index (χ0) is 13.8. The molecule has 1 saturated heterocycles. The highest BCUT2D eigenvalue weighted by molar-refractivity contribution is 6.30. The maximum Gasteiger partial charge on any atom is 0.132 e. The number of hydrogen-bond acceptors (Lipinski definition) is 3. The number of nitrogens with zero attached hydrogens (tertiary/aromatic N) is 2. The molecule has 0 spiro atoms. The van der Waals surface area contributed by atoms with Gasteiger partial charge in [0.2, 0.25) is 0 Å². The normalized spacial score (nSPS) is 16.6. The van der Waals surface area contributed by atoms with E-state index in [0.717, 1.165) is 51.1 Å². The number of fused-ring (bicyclic) bond motifs is 1. The van der Waals surface area contributed by atoms with E-state index in [0.29, 0.717) is 5.15 Å². The summed E-state index contributed by atoms with van der Waals surface area (Å²) in [4.78, 5) is 7.00. The lowest BCUT2D eigenvalue weighted by Gasteiger charge is -2.27. The fraction of sp³-hybridized carbons (Fsp3) is 0.438. The lowest BCUT2D eigenvalue weighted by Crippen LogP contribution is -2.43. The van der Waals surface area contributed by atoms with Crippen LogP contribution in [0.5, 0.6) is 0 Å². The maximum atomic E-state index is 6.29. The molecule has 2 aromatic rings. The van der Waals surface area contributed by atoms with Crippen LogP contribution in [0.3, 0.4) is 0 Å². The molecule has 4 heteroatoms. The van der Waals surface area contributed by atoms with Gasteiger partial charge in [0.05, 0.1) is 5.52 Å². The van der Waals surface area contributed by atoms with Crippen LogP contribution >= 0.6 is 11.6 Å². The van der Waals surface area contributed by atoms with E-state index in [-0.39, 0.29) is 0 Å². The van der Waals surface area contributed by atoms with E-state index in [1.807, 2.05) is 18.2 Å². The van der Waals surface area contributed by atoms with Gasteiger partial charge in [-0.25, -0.2) is 4.98 Å². The monoisotopic (exact) mass is 289 g/mol. The molecule has 3 nitrogen and oxygen atoms in total. The second-order valence-corrected chi connectivity index (χ2v) is 5.68. The van der Waals surface area contributed by atoms with Gasteiger partial charge < -0.3 is 10.2 Å². The van der Waals surface area contributed by atoms with Gasteiger partial charge in [0.1, 0.15) is 5.15 Å². The van der Waals surface area contributed by atoms with Crippen molar-refractivity contribution in [2.24, 2.45) is 0 Å². The van der Waals surface area contributed by atoms with Crippen LogP contribution in [0, 0.1) is 0 Å². The summed E-state index contributed by atoms with van der Waals surface area (Å²) in [5.74, 6) is 0. The summed E-state index contributed by atoms with van der Waals surface area (Å²) in [6.45, 7) is 5.68. The number of aryl methyl sites for hydroxylation is 1. The summed E-state index contributed by atoms with van der Waals surface area (Å²) in [5.41, 5.74) is 2.14. The van der Waals surface area contributed by atoms with Crippen LogP contribution in [0.25, 0.3) is 10.9 Å². The smallest absolute Gasteiger partial charge is 0.132 e. The zero-order valence-electron chi connectivity index (χ0n) is 11.6. The Hall–Kier alpha value is -1.16. The van der Waals surface area contributed by atoms with Crippen LogP contribution in [0.1, 0.15) is 12.0 Å². The van der Waals surface area contributed by atoms with Crippen LogP contribution in [0.4, 0.5) is 0 Å². The predicted octanol–water partition coefficient (Wildman–Crippen LogP) is 2.73. The minimum atomic E-state index is 0.656. The van der Waals surface area contributed by atoms with Gasteiger partial charge in [-0.05, 0) is 37.1 Å². The van der Waals surface area contributed by atoms with Crippen molar-refractivity contribution in [3.8, 4) is 0 Å². The molecule has 0 amide bonds. The summed E-state index contributed by atoms with van der Waals surface area (Å²) < 4.78 is 0. The molecule has 2 heterocycles. The van der Waals surface area contributed by atoms with Gasteiger partial charge in [-0.2, -0.15) is 0 Å². The van der Waals surface area contributed by atoms with Gasteiger partial charge >= 0.3 is 0 Å². The molecular weight excluding hydrogens is 270 g/mol. The second kappa shape index (κ2) is 6.53.